The van der Waals surface area contributed by atoms with E-state index in [1.165, 1.54) is 29.3 Å². The molecule has 2 aromatic rings. The Morgan fingerprint density at radius 1 is 1.20 bits per heavy atom. The fraction of sp³-hybridized carbons (Fsp3) is 0.250. The van der Waals surface area contributed by atoms with Crippen molar-refractivity contribution >= 4 is 33.5 Å². The lowest BCUT2D eigenvalue weighted by atomic mass is 10.0. The number of nitrogens with zero attached hydrogens (tertiary/aromatic N) is 1. The Morgan fingerprint density at radius 3 is 2.85 bits per heavy atom. The number of hydrogen-bond donors (Lipinski definition) is 0. The molecule has 0 radical (unpaired) electrons. The van der Waals surface area contributed by atoms with E-state index in [4.69, 9.17) is 0 Å². The van der Waals surface area contributed by atoms with E-state index in [0.717, 1.165) is 27.9 Å². The molecule has 1 aliphatic carbocycles. The number of pyridine rings is 1. The zero-order valence-electron chi connectivity index (χ0n) is 10.9. The maximum absolute atomic E-state index is 12.2. The number of carbonyl (C=O) groups excluding carboxylic acids is 1. The Morgan fingerprint density at radius 2 is 2.05 bits per heavy atom. The highest BCUT2D eigenvalue weighted by Crippen LogP contribution is 2.24. The van der Waals surface area contributed by atoms with Crippen LogP contribution < -0.4 is 0 Å². The summed E-state index contributed by atoms with van der Waals surface area (Å²) in [6.07, 6.45) is 5.23. The molecule has 0 fully saturated rings. The van der Waals surface area contributed by atoms with Crippen LogP contribution in [0.5, 0.6) is 0 Å². The van der Waals surface area contributed by atoms with Gasteiger partial charge in [0.2, 0.25) is 0 Å². The lowest BCUT2D eigenvalue weighted by Gasteiger charge is -2.04. The molecule has 1 heterocycles. The first-order valence-corrected chi connectivity index (χ1v) is 8.39. The van der Waals surface area contributed by atoms with E-state index in [9.17, 15) is 4.79 Å². The van der Waals surface area contributed by atoms with Gasteiger partial charge in [-0.25, -0.2) is 4.98 Å². The zero-order valence-corrected chi connectivity index (χ0v) is 13.3. The van der Waals surface area contributed by atoms with Crippen molar-refractivity contribution in [2.24, 2.45) is 0 Å². The third-order valence-electron chi connectivity index (χ3n) is 3.47. The second kappa shape index (κ2) is 6.10. The SMILES string of the molecule is O=C(CSc1ccc(Br)cn1)c1ccc2c(c1)CCC2. The molecule has 4 heteroatoms. The summed E-state index contributed by atoms with van der Waals surface area (Å²) in [6, 6.07) is 10.0. The molecule has 0 bridgehead atoms. The molecule has 0 unspecified atom stereocenters. The topological polar surface area (TPSA) is 30.0 Å². The Hall–Kier alpha value is -1.13. The van der Waals surface area contributed by atoms with Crippen LogP contribution >= 0.6 is 27.7 Å². The van der Waals surface area contributed by atoms with Crippen molar-refractivity contribution in [2.75, 3.05) is 5.75 Å². The molecule has 3 rings (SSSR count). The number of hydrogen-bond acceptors (Lipinski definition) is 3. The van der Waals surface area contributed by atoms with Crippen molar-refractivity contribution in [2.45, 2.75) is 24.3 Å². The van der Waals surface area contributed by atoms with Gasteiger partial charge in [0.15, 0.2) is 5.78 Å². The fourth-order valence-corrected chi connectivity index (χ4v) is 3.39. The van der Waals surface area contributed by atoms with Crippen LogP contribution in [0.3, 0.4) is 0 Å². The summed E-state index contributed by atoms with van der Waals surface area (Å²) in [6.45, 7) is 0. The Bertz CT molecular complexity index is 639. The lowest BCUT2D eigenvalue weighted by molar-refractivity contribution is 0.102. The van der Waals surface area contributed by atoms with Crippen LogP contribution in [0.1, 0.15) is 27.9 Å². The van der Waals surface area contributed by atoms with Crippen molar-refractivity contribution in [1.29, 1.82) is 0 Å². The molecule has 0 saturated heterocycles. The van der Waals surface area contributed by atoms with Crippen LogP contribution in [0.15, 0.2) is 46.0 Å². The average molecular weight is 348 g/mol. The number of Topliss-reactive ketones (excluding diaryl/α,β-unsaturated/α-hetero) is 1. The van der Waals surface area contributed by atoms with Gasteiger partial charge in [0.1, 0.15) is 0 Å². The number of rotatable bonds is 4. The average Bonchev–Trinajstić information content (AvgIpc) is 2.93. The molecule has 0 atom stereocenters. The molecule has 0 N–H and O–H groups in total. The van der Waals surface area contributed by atoms with Crippen LogP contribution in [0, 0.1) is 0 Å². The molecule has 1 aliphatic rings. The molecule has 0 amide bonds. The normalized spacial score (nSPS) is 13.2. The quantitative estimate of drug-likeness (QED) is 0.609. The van der Waals surface area contributed by atoms with Gasteiger partial charge in [0, 0.05) is 16.2 Å². The summed E-state index contributed by atoms with van der Waals surface area (Å²) >= 11 is 4.84. The highest BCUT2D eigenvalue weighted by molar-refractivity contribution is 9.10. The van der Waals surface area contributed by atoms with E-state index in [0.29, 0.717) is 5.75 Å². The molecule has 102 valence electrons. The second-order valence-corrected chi connectivity index (χ2v) is 6.77. The number of carbonyl (C=O) groups is 1. The first kappa shape index (κ1) is 13.8. The third-order valence-corrected chi connectivity index (χ3v) is 4.88. The molecule has 2 nitrogen and oxygen atoms in total. The van der Waals surface area contributed by atoms with Crippen LogP contribution in [-0.2, 0) is 12.8 Å². The van der Waals surface area contributed by atoms with Crippen LogP contribution in [0.25, 0.3) is 0 Å². The standard InChI is InChI=1S/C16H14BrNOS/c17-14-6-7-16(18-9-14)20-10-15(19)13-5-4-11-2-1-3-12(11)8-13/h4-9H,1-3,10H2. The summed E-state index contributed by atoms with van der Waals surface area (Å²) in [5, 5.41) is 0.878. The van der Waals surface area contributed by atoms with Gasteiger partial charge >= 0.3 is 0 Å². The largest absolute Gasteiger partial charge is 0.293 e. The Kier molecular flexibility index (Phi) is 4.22. The second-order valence-electron chi connectivity index (χ2n) is 4.86. The molecule has 1 aromatic carbocycles. The molecular formula is C16H14BrNOS. The summed E-state index contributed by atoms with van der Waals surface area (Å²) in [5.74, 6) is 0.613. The fourth-order valence-electron chi connectivity index (χ4n) is 2.42. The van der Waals surface area contributed by atoms with Crippen LogP contribution in [0.2, 0.25) is 0 Å². The minimum absolute atomic E-state index is 0.175. The van der Waals surface area contributed by atoms with Crippen molar-refractivity contribution in [3.63, 3.8) is 0 Å². The first-order valence-electron chi connectivity index (χ1n) is 6.62. The van der Waals surface area contributed by atoms with Gasteiger partial charge in [-0.15, -0.1) is 0 Å². The molecule has 0 aliphatic heterocycles. The smallest absolute Gasteiger partial charge is 0.173 e. The van der Waals surface area contributed by atoms with Crippen molar-refractivity contribution in [1.82, 2.24) is 4.98 Å². The number of ketones is 1. The van der Waals surface area contributed by atoms with Gasteiger partial charge in [-0.05, 0) is 64.5 Å². The monoisotopic (exact) mass is 347 g/mol. The molecule has 20 heavy (non-hydrogen) atoms. The van der Waals surface area contributed by atoms with E-state index in [-0.39, 0.29) is 5.78 Å². The van der Waals surface area contributed by atoms with Crippen molar-refractivity contribution < 1.29 is 4.79 Å². The van der Waals surface area contributed by atoms with Crippen LogP contribution in [0.4, 0.5) is 0 Å². The number of fused-ring (bicyclic) bond motifs is 1. The van der Waals surface area contributed by atoms with Crippen molar-refractivity contribution in [3.05, 3.63) is 57.7 Å². The van der Waals surface area contributed by atoms with Gasteiger partial charge < -0.3 is 0 Å². The predicted octanol–water partition coefficient (Wildman–Crippen LogP) is 4.31. The number of thioether (sulfide) groups is 1. The maximum atomic E-state index is 12.2. The number of aromatic nitrogens is 1. The van der Waals surface area contributed by atoms with E-state index < -0.39 is 0 Å². The summed E-state index contributed by atoms with van der Waals surface area (Å²) in [4.78, 5) is 16.5. The molecule has 0 saturated carbocycles. The van der Waals surface area contributed by atoms with E-state index >= 15 is 0 Å². The van der Waals surface area contributed by atoms with E-state index in [1.54, 1.807) is 6.20 Å². The van der Waals surface area contributed by atoms with Crippen molar-refractivity contribution in [3.8, 4) is 0 Å². The first-order chi connectivity index (χ1) is 9.72. The zero-order chi connectivity index (χ0) is 13.9. The van der Waals surface area contributed by atoms with Crippen LogP contribution in [-0.4, -0.2) is 16.5 Å². The molecule has 0 spiro atoms. The number of benzene rings is 1. The molecule has 1 aromatic heterocycles. The minimum atomic E-state index is 0.175. The highest BCUT2D eigenvalue weighted by Gasteiger charge is 2.14. The third kappa shape index (κ3) is 3.13. The van der Waals surface area contributed by atoms with Gasteiger partial charge in [0.05, 0.1) is 10.8 Å². The van der Waals surface area contributed by atoms with Gasteiger partial charge in [-0.3, -0.25) is 4.79 Å². The number of halogens is 1. The predicted molar refractivity (Wildman–Crippen MR) is 85.5 cm³/mol. The lowest BCUT2D eigenvalue weighted by Crippen LogP contribution is -2.03. The van der Waals surface area contributed by atoms with E-state index in [1.807, 2.05) is 18.2 Å². The van der Waals surface area contributed by atoms with Gasteiger partial charge in [-0.2, -0.15) is 0 Å². The van der Waals surface area contributed by atoms with E-state index in [2.05, 4.69) is 33.0 Å². The maximum Gasteiger partial charge on any atom is 0.173 e. The molecular weight excluding hydrogens is 334 g/mol. The summed E-state index contributed by atoms with van der Waals surface area (Å²) in [7, 11) is 0. The van der Waals surface area contributed by atoms with Gasteiger partial charge in [-0.1, -0.05) is 23.9 Å². The minimum Gasteiger partial charge on any atom is -0.293 e. The summed E-state index contributed by atoms with van der Waals surface area (Å²) in [5.41, 5.74) is 3.58. The van der Waals surface area contributed by atoms with Gasteiger partial charge in [0.25, 0.3) is 0 Å². The Labute approximate surface area is 131 Å². The highest BCUT2D eigenvalue weighted by atomic mass is 79.9. The Balaban J connectivity index is 1.66. The number of aryl methyl sites for hydroxylation is 2. The summed E-state index contributed by atoms with van der Waals surface area (Å²) < 4.78 is 0.951.